The molecule has 0 amide bonds. The zero-order chi connectivity index (χ0) is 12.8. The molecule has 1 aromatic carbocycles. The Hall–Kier alpha value is -1.49. The van der Waals surface area contributed by atoms with E-state index < -0.39 is 18.6 Å². The molecule has 2 nitrogen and oxygen atoms in total. The normalized spacial score (nSPS) is 20.1. The van der Waals surface area contributed by atoms with Gasteiger partial charge >= 0.3 is 6.18 Å². The Kier molecular flexibility index (Phi) is 2.59. The monoisotopic (exact) mass is 254 g/mol. The smallest absolute Gasteiger partial charge is 0.357 e. The number of fused-ring (bicyclic) bond motifs is 3. The molecule has 2 aromatic rings. The van der Waals surface area contributed by atoms with Crippen molar-refractivity contribution in [2.75, 3.05) is 6.54 Å². The molecule has 0 radical (unpaired) electrons. The van der Waals surface area contributed by atoms with E-state index in [0.29, 0.717) is 12.2 Å². The van der Waals surface area contributed by atoms with Crippen LogP contribution in [0.2, 0.25) is 0 Å². The Morgan fingerprint density at radius 1 is 1.22 bits per heavy atom. The fraction of sp³-hybridized carbons (Fsp3) is 0.385. The summed E-state index contributed by atoms with van der Waals surface area (Å²) < 4.78 is 37.6. The van der Waals surface area contributed by atoms with E-state index in [2.05, 4.69) is 10.3 Å². The van der Waals surface area contributed by atoms with E-state index in [4.69, 9.17) is 0 Å². The van der Waals surface area contributed by atoms with Crippen LogP contribution in [0.5, 0.6) is 0 Å². The quantitative estimate of drug-likeness (QED) is 0.802. The van der Waals surface area contributed by atoms with E-state index >= 15 is 0 Å². The second kappa shape index (κ2) is 4.02. The first kappa shape index (κ1) is 11.6. The predicted octanol–water partition coefficient (Wildman–Crippen LogP) is 3.31. The van der Waals surface area contributed by atoms with Crippen molar-refractivity contribution in [1.29, 1.82) is 0 Å². The van der Waals surface area contributed by atoms with Gasteiger partial charge < -0.3 is 10.3 Å². The molecule has 2 N–H and O–H groups in total. The summed E-state index contributed by atoms with van der Waals surface area (Å²) in [6.07, 6.45) is -4.20. The lowest BCUT2D eigenvalue weighted by Crippen LogP contribution is -2.33. The number of halogens is 3. The van der Waals surface area contributed by atoms with Gasteiger partial charge in [0.1, 0.15) is 0 Å². The van der Waals surface area contributed by atoms with Gasteiger partial charge in [0.25, 0.3) is 0 Å². The Labute approximate surface area is 102 Å². The lowest BCUT2D eigenvalue weighted by molar-refractivity contribution is -0.140. The largest absolute Gasteiger partial charge is 0.390 e. The average Bonchev–Trinajstić information content (AvgIpc) is 2.67. The van der Waals surface area contributed by atoms with Crippen molar-refractivity contribution in [3.8, 4) is 0 Å². The first-order chi connectivity index (χ1) is 8.54. The summed E-state index contributed by atoms with van der Waals surface area (Å²) in [6, 6.07) is 7.01. The van der Waals surface area contributed by atoms with Crippen molar-refractivity contribution in [2.24, 2.45) is 0 Å². The Morgan fingerprint density at radius 2 is 2.00 bits per heavy atom. The second-order valence-corrected chi connectivity index (χ2v) is 4.64. The summed E-state index contributed by atoms with van der Waals surface area (Å²) in [5.41, 5.74) is 2.64. The van der Waals surface area contributed by atoms with Gasteiger partial charge in [-0.05, 0) is 24.6 Å². The molecule has 18 heavy (non-hydrogen) atoms. The molecule has 0 fully saturated rings. The van der Waals surface area contributed by atoms with Crippen LogP contribution in [-0.2, 0) is 6.42 Å². The Morgan fingerprint density at radius 3 is 2.78 bits per heavy atom. The van der Waals surface area contributed by atoms with E-state index in [1.54, 1.807) is 0 Å². The molecule has 3 rings (SSSR count). The van der Waals surface area contributed by atoms with Crippen molar-refractivity contribution in [3.05, 3.63) is 35.5 Å². The molecular formula is C13H13F3N2. The van der Waals surface area contributed by atoms with Crippen LogP contribution in [0.15, 0.2) is 24.3 Å². The molecule has 0 aliphatic carbocycles. The van der Waals surface area contributed by atoms with Gasteiger partial charge in [0.2, 0.25) is 0 Å². The molecule has 1 aliphatic rings. The molecule has 1 aliphatic heterocycles. The Bertz CT molecular complexity index is 571. The number of aromatic nitrogens is 1. The summed E-state index contributed by atoms with van der Waals surface area (Å²) in [6.45, 7) is 0.593. The number of benzene rings is 1. The number of hydrogen-bond acceptors (Lipinski definition) is 1. The van der Waals surface area contributed by atoms with Crippen molar-refractivity contribution in [1.82, 2.24) is 10.3 Å². The molecule has 5 heteroatoms. The van der Waals surface area contributed by atoms with Crippen molar-refractivity contribution in [3.63, 3.8) is 0 Å². The highest BCUT2D eigenvalue weighted by molar-refractivity contribution is 5.85. The number of rotatable bonds is 1. The minimum atomic E-state index is -4.15. The second-order valence-electron chi connectivity index (χ2n) is 4.64. The SMILES string of the molecule is FC(F)(F)CC1NCCc2c1[nH]c1ccccc21. The lowest BCUT2D eigenvalue weighted by Gasteiger charge is -2.25. The lowest BCUT2D eigenvalue weighted by atomic mass is 9.97. The maximum Gasteiger partial charge on any atom is 0.390 e. The number of para-hydroxylation sites is 1. The molecular weight excluding hydrogens is 241 g/mol. The third kappa shape index (κ3) is 1.99. The Balaban J connectivity index is 2.05. The number of alkyl halides is 3. The average molecular weight is 254 g/mol. The molecule has 0 saturated heterocycles. The van der Waals surface area contributed by atoms with Crippen LogP contribution in [0.4, 0.5) is 13.2 Å². The van der Waals surface area contributed by atoms with Gasteiger partial charge in [-0.2, -0.15) is 13.2 Å². The van der Waals surface area contributed by atoms with Crippen LogP contribution >= 0.6 is 0 Å². The fourth-order valence-electron chi connectivity index (χ4n) is 2.67. The minimum Gasteiger partial charge on any atom is -0.357 e. The molecule has 2 heterocycles. The minimum absolute atomic E-state index is 0.593. The zero-order valence-electron chi connectivity index (χ0n) is 9.64. The maximum absolute atomic E-state index is 12.5. The van der Waals surface area contributed by atoms with E-state index in [9.17, 15) is 13.2 Å². The van der Waals surface area contributed by atoms with E-state index in [1.807, 2.05) is 24.3 Å². The third-order valence-electron chi connectivity index (χ3n) is 3.40. The molecule has 1 unspecified atom stereocenters. The van der Waals surface area contributed by atoms with Gasteiger partial charge in [0.15, 0.2) is 0 Å². The summed E-state index contributed by atoms with van der Waals surface area (Å²) in [4.78, 5) is 3.13. The van der Waals surface area contributed by atoms with Crippen LogP contribution in [0.3, 0.4) is 0 Å². The van der Waals surface area contributed by atoms with Crippen LogP contribution in [0.1, 0.15) is 23.7 Å². The van der Waals surface area contributed by atoms with Crippen LogP contribution in [0, 0.1) is 0 Å². The van der Waals surface area contributed by atoms with Gasteiger partial charge in [0, 0.05) is 16.6 Å². The third-order valence-corrected chi connectivity index (χ3v) is 3.40. The highest BCUT2D eigenvalue weighted by Gasteiger charge is 2.35. The number of nitrogens with one attached hydrogen (secondary N) is 2. The predicted molar refractivity (Wildman–Crippen MR) is 63.4 cm³/mol. The van der Waals surface area contributed by atoms with Crippen molar-refractivity contribution >= 4 is 10.9 Å². The highest BCUT2D eigenvalue weighted by atomic mass is 19.4. The topological polar surface area (TPSA) is 27.8 Å². The van der Waals surface area contributed by atoms with Crippen LogP contribution < -0.4 is 5.32 Å². The highest BCUT2D eigenvalue weighted by Crippen LogP contribution is 2.35. The van der Waals surface area contributed by atoms with E-state index in [0.717, 1.165) is 22.9 Å². The van der Waals surface area contributed by atoms with Crippen molar-refractivity contribution in [2.45, 2.75) is 25.1 Å². The number of H-pyrrole nitrogens is 1. The van der Waals surface area contributed by atoms with Gasteiger partial charge in [-0.15, -0.1) is 0 Å². The first-order valence-electron chi connectivity index (χ1n) is 5.94. The molecule has 0 bridgehead atoms. The van der Waals surface area contributed by atoms with Crippen LogP contribution in [0.25, 0.3) is 10.9 Å². The number of hydrogen-bond donors (Lipinski definition) is 2. The summed E-state index contributed by atoms with van der Waals surface area (Å²) in [5, 5.41) is 3.98. The van der Waals surface area contributed by atoms with Gasteiger partial charge in [-0.1, -0.05) is 18.2 Å². The fourth-order valence-corrected chi connectivity index (χ4v) is 2.67. The molecule has 96 valence electrons. The zero-order valence-corrected chi connectivity index (χ0v) is 9.64. The van der Waals surface area contributed by atoms with Gasteiger partial charge in [-0.3, -0.25) is 0 Å². The van der Waals surface area contributed by atoms with Gasteiger partial charge in [-0.25, -0.2) is 0 Å². The molecule has 0 spiro atoms. The van der Waals surface area contributed by atoms with Crippen LogP contribution in [-0.4, -0.2) is 17.7 Å². The van der Waals surface area contributed by atoms with E-state index in [1.165, 1.54) is 0 Å². The molecule has 1 aromatic heterocycles. The van der Waals surface area contributed by atoms with E-state index in [-0.39, 0.29) is 0 Å². The van der Waals surface area contributed by atoms with Gasteiger partial charge in [0.05, 0.1) is 12.5 Å². The first-order valence-corrected chi connectivity index (χ1v) is 5.94. The summed E-state index contributed by atoms with van der Waals surface area (Å²) in [7, 11) is 0. The van der Waals surface area contributed by atoms with Crippen molar-refractivity contribution < 1.29 is 13.2 Å². The summed E-state index contributed by atoms with van der Waals surface area (Å²) in [5.74, 6) is 0. The maximum atomic E-state index is 12.5. The summed E-state index contributed by atoms with van der Waals surface area (Å²) >= 11 is 0. The standard InChI is InChI=1S/C13H13F3N2/c14-13(15,16)7-11-12-9(5-6-17-11)8-3-1-2-4-10(8)18-12/h1-4,11,17-18H,5-7H2. The molecule has 1 atom stereocenters. The molecule has 0 saturated carbocycles. The number of aromatic amines is 1.